The number of thiophene rings is 1. The van der Waals surface area contributed by atoms with E-state index in [1.165, 1.54) is 4.88 Å². The lowest BCUT2D eigenvalue weighted by molar-refractivity contribution is -0.123. The lowest BCUT2D eigenvalue weighted by Crippen LogP contribution is -2.30. The number of aldehydes is 1. The van der Waals surface area contributed by atoms with Crippen molar-refractivity contribution < 1.29 is 19.1 Å². The van der Waals surface area contributed by atoms with Crippen LogP contribution < -0.4 is 14.8 Å². The van der Waals surface area contributed by atoms with Crippen LogP contribution >= 0.6 is 11.3 Å². The number of rotatable bonds is 9. The molecule has 23 heavy (non-hydrogen) atoms. The number of benzene rings is 1. The van der Waals surface area contributed by atoms with Crippen molar-refractivity contribution in [3.63, 3.8) is 0 Å². The van der Waals surface area contributed by atoms with Gasteiger partial charge in [0, 0.05) is 17.0 Å². The first-order valence-corrected chi connectivity index (χ1v) is 8.24. The van der Waals surface area contributed by atoms with Gasteiger partial charge in [0.2, 0.25) is 0 Å². The fourth-order valence-electron chi connectivity index (χ4n) is 1.96. The molecule has 0 aliphatic rings. The predicted octanol–water partition coefficient (Wildman–Crippen LogP) is 2.70. The average molecular weight is 333 g/mol. The van der Waals surface area contributed by atoms with Crippen molar-refractivity contribution in [2.24, 2.45) is 0 Å². The van der Waals surface area contributed by atoms with Gasteiger partial charge in [-0.2, -0.15) is 0 Å². The van der Waals surface area contributed by atoms with Crippen molar-refractivity contribution in [1.29, 1.82) is 0 Å². The van der Waals surface area contributed by atoms with E-state index in [4.69, 9.17) is 9.47 Å². The van der Waals surface area contributed by atoms with Crippen molar-refractivity contribution in [2.45, 2.75) is 13.3 Å². The highest BCUT2D eigenvalue weighted by Crippen LogP contribution is 2.27. The van der Waals surface area contributed by atoms with Gasteiger partial charge in [0.05, 0.1) is 6.61 Å². The molecular formula is C17H19NO4S. The lowest BCUT2D eigenvalue weighted by Gasteiger charge is -2.12. The molecule has 1 aromatic carbocycles. The van der Waals surface area contributed by atoms with Gasteiger partial charge in [0.15, 0.2) is 18.1 Å². The Balaban J connectivity index is 1.82. The molecule has 2 rings (SSSR count). The Labute approximate surface area is 139 Å². The molecule has 0 unspecified atom stereocenters. The van der Waals surface area contributed by atoms with E-state index >= 15 is 0 Å². The molecule has 1 amide bonds. The monoisotopic (exact) mass is 333 g/mol. The van der Waals surface area contributed by atoms with Crippen LogP contribution in [0.5, 0.6) is 11.5 Å². The minimum Gasteiger partial charge on any atom is -0.490 e. The summed E-state index contributed by atoms with van der Waals surface area (Å²) in [5.41, 5.74) is 0.501. The molecule has 0 spiro atoms. The summed E-state index contributed by atoms with van der Waals surface area (Å²) in [6.45, 7) is 2.77. The maximum Gasteiger partial charge on any atom is 0.257 e. The largest absolute Gasteiger partial charge is 0.490 e. The molecule has 1 heterocycles. The molecule has 0 aliphatic carbocycles. The number of hydrogen-bond acceptors (Lipinski definition) is 5. The van der Waals surface area contributed by atoms with Crippen molar-refractivity contribution in [2.75, 3.05) is 19.8 Å². The van der Waals surface area contributed by atoms with Gasteiger partial charge in [-0.25, -0.2) is 0 Å². The highest BCUT2D eigenvalue weighted by molar-refractivity contribution is 7.09. The summed E-state index contributed by atoms with van der Waals surface area (Å²) < 4.78 is 10.9. The minimum absolute atomic E-state index is 0.0923. The van der Waals surface area contributed by atoms with E-state index < -0.39 is 0 Å². The summed E-state index contributed by atoms with van der Waals surface area (Å²) in [5, 5.41) is 4.82. The van der Waals surface area contributed by atoms with Crippen LogP contribution in [0.1, 0.15) is 22.2 Å². The molecule has 0 aliphatic heterocycles. The van der Waals surface area contributed by atoms with Gasteiger partial charge in [-0.1, -0.05) is 6.07 Å². The van der Waals surface area contributed by atoms with Crippen LogP contribution in [0.25, 0.3) is 0 Å². The Kier molecular flexibility index (Phi) is 6.62. The first-order chi connectivity index (χ1) is 11.2. The van der Waals surface area contributed by atoms with Crippen LogP contribution in [-0.4, -0.2) is 32.0 Å². The molecular weight excluding hydrogens is 314 g/mol. The maximum absolute atomic E-state index is 11.8. The van der Waals surface area contributed by atoms with Crippen molar-refractivity contribution in [3.8, 4) is 11.5 Å². The number of amides is 1. The van der Waals surface area contributed by atoms with Crippen molar-refractivity contribution in [3.05, 3.63) is 46.2 Å². The molecule has 0 radical (unpaired) electrons. The fourth-order valence-corrected chi connectivity index (χ4v) is 2.67. The number of ether oxygens (including phenoxy) is 2. The SMILES string of the molecule is CCOc1cc(C=O)ccc1OCC(=O)NCCc1cccs1. The second-order valence-corrected chi connectivity index (χ2v) is 5.76. The van der Waals surface area contributed by atoms with E-state index in [-0.39, 0.29) is 12.5 Å². The molecule has 0 fully saturated rings. The van der Waals surface area contributed by atoms with Crippen LogP contribution in [-0.2, 0) is 11.2 Å². The van der Waals surface area contributed by atoms with Crippen LogP contribution in [0.4, 0.5) is 0 Å². The van der Waals surface area contributed by atoms with E-state index in [9.17, 15) is 9.59 Å². The van der Waals surface area contributed by atoms with E-state index in [1.807, 2.05) is 24.4 Å². The third-order valence-corrected chi connectivity index (χ3v) is 3.97. The Bertz CT molecular complexity index is 640. The Morgan fingerprint density at radius 2 is 2.13 bits per heavy atom. The third kappa shape index (κ3) is 5.41. The van der Waals surface area contributed by atoms with Gasteiger partial charge < -0.3 is 14.8 Å². The third-order valence-electron chi connectivity index (χ3n) is 3.04. The van der Waals surface area contributed by atoms with Crippen LogP contribution in [0.15, 0.2) is 35.7 Å². The summed E-state index contributed by atoms with van der Waals surface area (Å²) in [7, 11) is 0. The second-order valence-electron chi connectivity index (χ2n) is 4.73. The van der Waals surface area contributed by atoms with Gasteiger partial charge in [0.1, 0.15) is 6.29 Å². The summed E-state index contributed by atoms with van der Waals surface area (Å²) >= 11 is 1.67. The van der Waals surface area contributed by atoms with Gasteiger partial charge in [0.25, 0.3) is 5.91 Å². The number of carbonyl (C=O) groups is 2. The smallest absolute Gasteiger partial charge is 0.257 e. The molecule has 5 nitrogen and oxygen atoms in total. The average Bonchev–Trinajstić information content (AvgIpc) is 3.07. The minimum atomic E-state index is -0.191. The molecule has 6 heteroatoms. The molecule has 1 aromatic heterocycles. The highest BCUT2D eigenvalue weighted by atomic mass is 32.1. The van der Waals surface area contributed by atoms with E-state index in [1.54, 1.807) is 29.5 Å². The van der Waals surface area contributed by atoms with Gasteiger partial charge in [-0.15, -0.1) is 11.3 Å². The van der Waals surface area contributed by atoms with E-state index in [2.05, 4.69) is 5.32 Å². The lowest BCUT2D eigenvalue weighted by atomic mass is 10.2. The Morgan fingerprint density at radius 1 is 1.26 bits per heavy atom. The quantitative estimate of drug-likeness (QED) is 0.717. The van der Waals surface area contributed by atoms with Gasteiger partial charge in [-0.05, 0) is 43.0 Å². The highest BCUT2D eigenvalue weighted by Gasteiger charge is 2.09. The number of hydrogen-bond donors (Lipinski definition) is 1. The number of nitrogens with one attached hydrogen (secondary N) is 1. The Hall–Kier alpha value is -2.34. The standard InChI is InChI=1S/C17H19NO4S/c1-2-21-16-10-13(11-19)5-6-15(16)22-12-17(20)18-8-7-14-4-3-9-23-14/h3-6,9-11H,2,7-8,12H2,1H3,(H,18,20). The topological polar surface area (TPSA) is 64.6 Å². The molecule has 1 N–H and O–H groups in total. The molecule has 0 saturated heterocycles. The molecule has 2 aromatic rings. The first kappa shape index (κ1) is 17.0. The number of carbonyl (C=O) groups excluding carboxylic acids is 2. The fraction of sp³-hybridized carbons (Fsp3) is 0.294. The summed E-state index contributed by atoms with van der Waals surface area (Å²) in [4.78, 5) is 23.8. The van der Waals surface area contributed by atoms with E-state index in [0.717, 1.165) is 12.7 Å². The maximum atomic E-state index is 11.8. The van der Waals surface area contributed by atoms with Gasteiger partial charge in [-0.3, -0.25) is 9.59 Å². The van der Waals surface area contributed by atoms with E-state index in [0.29, 0.717) is 30.2 Å². The van der Waals surface area contributed by atoms with Crippen LogP contribution in [0.3, 0.4) is 0 Å². The molecule has 0 bridgehead atoms. The second kappa shape index (κ2) is 8.95. The zero-order valence-corrected chi connectivity index (χ0v) is 13.7. The molecule has 0 atom stereocenters. The predicted molar refractivity (Wildman–Crippen MR) is 89.5 cm³/mol. The Morgan fingerprint density at radius 3 is 2.83 bits per heavy atom. The zero-order valence-electron chi connectivity index (χ0n) is 12.9. The molecule has 0 saturated carbocycles. The van der Waals surface area contributed by atoms with Crippen molar-refractivity contribution >= 4 is 23.5 Å². The van der Waals surface area contributed by atoms with Gasteiger partial charge >= 0.3 is 0 Å². The summed E-state index contributed by atoms with van der Waals surface area (Å²) in [6.07, 6.45) is 1.55. The normalized spacial score (nSPS) is 10.1. The van der Waals surface area contributed by atoms with Crippen LogP contribution in [0.2, 0.25) is 0 Å². The molecule has 122 valence electrons. The first-order valence-electron chi connectivity index (χ1n) is 7.37. The summed E-state index contributed by atoms with van der Waals surface area (Å²) in [6, 6.07) is 8.88. The van der Waals surface area contributed by atoms with Crippen LogP contribution in [0, 0.1) is 0 Å². The van der Waals surface area contributed by atoms with Crippen molar-refractivity contribution in [1.82, 2.24) is 5.32 Å². The zero-order chi connectivity index (χ0) is 16.5. The summed E-state index contributed by atoms with van der Waals surface area (Å²) in [5.74, 6) is 0.720.